The second-order valence-electron chi connectivity index (χ2n) is 4.38. The smallest absolute Gasteiger partial charge is 0.137 e. The Morgan fingerprint density at radius 2 is 2.50 bits per heavy atom. The number of ether oxygens (including phenoxy) is 1. The molecule has 1 aromatic heterocycles. The fourth-order valence-corrected chi connectivity index (χ4v) is 2.15. The van der Waals surface area contributed by atoms with Crippen molar-refractivity contribution in [3.8, 4) is 5.75 Å². The maximum Gasteiger partial charge on any atom is 0.137 e. The van der Waals surface area contributed by atoms with Crippen LogP contribution in [0, 0.1) is 5.92 Å². The van der Waals surface area contributed by atoms with Crippen molar-refractivity contribution in [2.24, 2.45) is 5.92 Å². The van der Waals surface area contributed by atoms with E-state index < -0.39 is 0 Å². The van der Waals surface area contributed by atoms with E-state index in [1.54, 1.807) is 12.4 Å². The Labute approximate surface area is 95.9 Å². The van der Waals surface area contributed by atoms with E-state index in [1.807, 2.05) is 12.1 Å². The number of aliphatic hydroxyl groups is 1. The van der Waals surface area contributed by atoms with Crippen molar-refractivity contribution in [3.63, 3.8) is 0 Å². The zero-order valence-electron chi connectivity index (χ0n) is 9.54. The van der Waals surface area contributed by atoms with Crippen LogP contribution in [0.15, 0.2) is 24.5 Å². The first-order valence-electron chi connectivity index (χ1n) is 5.63. The van der Waals surface area contributed by atoms with E-state index in [0.717, 1.165) is 18.7 Å². The average molecular weight is 222 g/mol. The second kappa shape index (κ2) is 5.27. The first-order chi connectivity index (χ1) is 7.79. The standard InChI is InChI=1S/C12H18N2O2/c1-14-7-10(8-15)5-11(14)9-16-12-3-2-4-13-6-12/h2-4,6,10-11,15H,5,7-9H2,1H3. The van der Waals surface area contributed by atoms with E-state index in [-0.39, 0.29) is 6.61 Å². The van der Waals surface area contributed by atoms with Crippen LogP contribution in [0.1, 0.15) is 6.42 Å². The highest BCUT2D eigenvalue weighted by molar-refractivity contribution is 5.15. The number of rotatable bonds is 4. The van der Waals surface area contributed by atoms with E-state index in [4.69, 9.17) is 9.84 Å². The van der Waals surface area contributed by atoms with E-state index in [9.17, 15) is 0 Å². The highest BCUT2D eigenvalue weighted by Gasteiger charge is 2.29. The van der Waals surface area contributed by atoms with Gasteiger partial charge in [-0.05, 0) is 31.5 Å². The molecule has 1 aliphatic rings. The summed E-state index contributed by atoms with van der Waals surface area (Å²) in [4.78, 5) is 6.25. The molecule has 4 nitrogen and oxygen atoms in total. The highest BCUT2D eigenvalue weighted by atomic mass is 16.5. The summed E-state index contributed by atoms with van der Waals surface area (Å²) < 4.78 is 5.67. The molecule has 0 spiro atoms. The summed E-state index contributed by atoms with van der Waals surface area (Å²) in [5, 5.41) is 9.11. The summed E-state index contributed by atoms with van der Waals surface area (Å²) in [5.41, 5.74) is 0. The molecule has 2 unspecified atom stereocenters. The van der Waals surface area contributed by atoms with Crippen LogP contribution in [-0.4, -0.2) is 47.8 Å². The minimum absolute atomic E-state index is 0.272. The number of nitrogens with zero attached hydrogens (tertiary/aromatic N) is 2. The summed E-state index contributed by atoms with van der Waals surface area (Å²) in [6, 6.07) is 4.17. The van der Waals surface area contributed by atoms with Gasteiger partial charge in [-0.25, -0.2) is 0 Å². The Bertz CT molecular complexity index is 318. The maximum atomic E-state index is 9.11. The summed E-state index contributed by atoms with van der Waals surface area (Å²) in [6.07, 6.45) is 4.46. The van der Waals surface area contributed by atoms with Crippen LogP contribution in [0.3, 0.4) is 0 Å². The van der Waals surface area contributed by atoms with Gasteiger partial charge >= 0.3 is 0 Å². The van der Waals surface area contributed by atoms with Gasteiger partial charge in [-0.3, -0.25) is 9.88 Å². The van der Waals surface area contributed by atoms with Crippen LogP contribution in [0.5, 0.6) is 5.75 Å². The molecule has 1 fully saturated rings. The zero-order chi connectivity index (χ0) is 11.4. The van der Waals surface area contributed by atoms with Crippen LogP contribution in [0.2, 0.25) is 0 Å². The third-order valence-electron chi connectivity index (χ3n) is 3.11. The first-order valence-corrected chi connectivity index (χ1v) is 5.63. The molecular formula is C12H18N2O2. The van der Waals surface area contributed by atoms with Gasteiger partial charge in [-0.2, -0.15) is 0 Å². The Morgan fingerprint density at radius 1 is 1.62 bits per heavy atom. The fourth-order valence-electron chi connectivity index (χ4n) is 2.15. The van der Waals surface area contributed by atoms with Crippen LogP contribution >= 0.6 is 0 Å². The van der Waals surface area contributed by atoms with Gasteiger partial charge in [-0.15, -0.1) is 0 Å². The lowest BCUT2D eigenvalue weighted by Gasteiger charge is -2.19. The van der Waals surface area contributed by atoms with Crippen LogP contribution in [0.4, 0.5) is 0 Å². The van der Waals surface area contributed by atoms with Gasteiger partial charge in [-0.1, -0.05) is 0 Å². The van der Waals surface area contributed by atoms with Crippen LogP contribution in [0.25, 0.3) is 0 Å². The SMILES string of the molecule is CN1CC(CO)CC1COc1cccnc1. The maximum absolute atomic E-state index is 9.11. The van der Waals surface area contributed by atoms with Gasteiger partial charge in [0.15, 0.2) is 0 Å². The normalized spacial score (nSPS) is 25.9. The molecule has 1 aliphatic heterocycles. The van der Waals surface area contributed by atoms with E-state index in [2.05, 4.69) is 16.9 Å². The molecule has 4 heteroatoms. The number of likely N-dealkylation sites (tertiary alicyclic amines) is 1. The van der Waals surface area contributed by atoms with Crippen molar-refractivity contribution in [2.75, 3.05) is 26.8 Å². The average Bonchev–Trinajstić information content (AvgIpc) is 2.69. The molecule has 2 heterocycles. The predicted octanol–water partition coefficient (Wildman–Crippen LogP) is 0.773. The highest BCUT2D eigenvalue weighted by Crippen LogP contribution is 2.21. The number of pyridine rings is 1. The second-order valence-corrected chi connectivity index (χ2v) is 4.38. The fraction of sp³-hybridized carbons (Fsp3) is 0.583. The predicted molar refractivity (Wildman–Crippen MR) is 61.3 cm³/mol. The quantitative estimate of drug-likeness (QED) is 0.817. The van der Waals surface area contributed by atoms with Gasteiger partial charge in [0.1, 0.15) is 12.4 Å². The third kappa shape index (κ3) is 2.71. The summed E-state index contributed by atoms with van der Waals surface area (Å²) in [7, 11) is 2.08. The molecule has 0 saturated carbocycles. The van der Waals surface area contributed by atoms with E-state index in [0.29, 0.717) is 18.6 Å². The number of likely N-dealkylation sites (N-methyl/N-ethyl adjacent to an activating group) is 1. The summed E-state index contributed by atoms with van der Waals surface area (Å²) in [6.45, 7) is 1.89. The molecule has 2 rings (SSSR count). The molecule has 16 heavy (non-hydrogen) atoms. The number of aliphatic hydroxyl groups excluding tert-OH is 1. The molecule has 1 aromatic rings. The van der Waals surface area contributed by atoms with Gasteiger partial charge < -0.3 is 9.84 Å². The monoisotopic (exact) mass is 222 g/mol. The van der Waals surface area contributed by atoms with Gasteiger partial charge in [0.25, 0.3) is 0 Å². The minimum atomic E-state index is 0.272. The van der Waals surface area contributed by atoms with Crippen molar-refractivity contribution in [2.45, 2.75) is 12.5 Å². The molecule has 0 aromatic carbocycles. The van der Waals surface area contributed by atoms with Crippen LogP contribution in [-0.2, 0) is 0 Å². The Balaban J connectivity index is 1.82. The summed E-state index contributed by atoms with van der Waals surface area (Å²) >= 11 is 0. The lowest BCUT2D eigenvalue weighted by atomic mass is 10.1. The van der Waals surface area contributed by atoms with Crippen molar-refractivity contribution in [3.05, 3.63) is 24.5 Å². The molecule has 88 valence electrons. The molecule has 0 radical (unpaired) electrons. The van der Waals surface area contributed by atoms with Crippen molar-refractivity contribution in [1.29, 1.82) is 0 Å². The third-order valence-corrected chi connectivity index (χ3v) is 3.11. The van der Waals surface area contributed by atoms with Crippen molar-refractivity contribution >= 4 is 0 Å². The van der Waals surface area contributed by atoms with Gasteiger partial charge in [0, 0.05) is 25.4 Å². The first kappa shape index (κ1) is 11.4. The summed E-state index contributed by atoms with van der Waals surface area (Å²) in [5.74, 6) is 1.20. The largest absolute Gasteiger partial charge is 0.490 e. The molecule has 2 atom stereocenters. The van der Waals surface area contributed by atoms with Gasteiger partial charge in [0.2, 0.25) is 0 Å². The van der Waals surface area contributed by atoms with E-state index in [1.165, 1.54) is 0 Å². The van der Waals surface area contributed by atoms with Crippen molar-refractivity contribution in [1.82, 2.24) is 9.88 Å². The van der Waals surface area contributed by atoms with Crippen molar-refractivity contribution < 1.29 is 9.84 Å². The number of hydrogen-bond donors (Lipinski definition) is 1. The minimum Gasteiger partial charge on any atom is -0.490 e. The van der Waals surface area contributed by atoms with E-state index >= 15 is 0 Å². The molecule has 0 aliphatic carbocycles. The lowest BCUT2D eigenvalue weighted by molar-refractivity contribution is 0.197. The molecule has 0 amide bonds. The zero-order valence-corrected chi connectivity index (χ0v) is 9.54. The Morgan fingerprint density at radius 3 is 3.12 bits per heavy atom. The van der Waals surface area contributed by atoms with Gasteiger partial charge in [0.05, 0.1) is 6.20 Å². The Kier molecular flexibility index (Phi) is 3.74. The molecule has 0 bridgehead atoms. The number of hydrogen-bond acceptors (Lipinski definition) is 4. The topological polar surface area (TPSA) is 45.6 Å². The lowest BCUT2D eigenvalue weighted by Crippen LogP contribution is -2.30. The Hall–Kier alpha value is -1.13. The molecular weight excluding hydrogens is 204 g/mol. The number of aromatic nitrogens is 1. The molecule has 1 saturated heterocycles. The molecule has 1 N–H and O–H groups in total. The van der Waals surface area contributed by atoms with Crippen LogP contribution < -0.4 is 4.74 Å².